The summed E-state index contributed by atoms with van der Waals surface area (Å²) in [6, 6.07) is 7.67. The third-order valence-electron chi connectivity index (χ3n) is 4.51. The quantitative estimate of drug-likeness (QED) is 0.806. The fourth-order valence-corrected chi connectivity index (χ4v) is 3.12. The maximum Gasteiger partial charge on any atom is 0.225 e. The largest absolute Gasteiger partial charge is 0.392 e. The Bertz CT molecular complexity index is 559. The Morgan fingerprint density at radius 1 is 1.39 bits per heavy atom. The van der Waals surface area contributed by atoms with Crippen LogP contribution in [0.1, 0.15) is 44.2 Å². The fourth-order valence-electron chi connectivity index (χ4n) is 3.12. The first-order valence-corrected chi connectivity index (χ1v) is 8.31. The molecule has 2 rings (SSSR count). The zero-order chi connectivity index (χ0) is 16.8. The van der Waals surface area contributed by atoms with Crippen molar-refractivity contribution < 1.29 is 14.7 Å². The van der Waals surface area contributed by atoms with Crippen molar-refractivity contribution in [3.05, 3.63) is 35.4 Å². The molecule has 2 atom stereocenters. The van der Waals surface area contributed by atoms with E-state index in [9.17, 15) is 14.7 Å². The van der Waals surface area contributed by atoms with Gasteiger partial charge in [0.15, 0.2) is 0 Å². The predicted octanol–water partition coefficient (Wildman–Crippen LogP) is 1.83. The topological polar surface area (TPSA) is 69.6 Å². The molecule has 0 radical (unpaired) electrons. The summed E-state index contributed by atoms with van der Waals surface area (Å²) in [6.45, 7) is 4.98. The van der Waals surface area contributed by atoms with Gasteiger partial charge < -0.3 is 15.3 Å². The second-order valence-electron chi connectivity index (χ2n) is 6.23. The summed E-state index contributed by atoms with van der Waals surface area (Å²) in [7, 11) is 0. The molecule has 1 heterocycles. The first-order valence-electron chi connectivity index (χ1n) is 8.31. The van der Waals surface area contributed by atoms with Crippen LogP contribution in [0.25, 0.3) is 0 Å². The van der Waals surface area contributed by atoms with Gasteiger partial charge in [0.05, 0.1) is 12.5 Å². The summed E-state index contributed by atoms with van der Waals surface area (Å²) in [6.07, 6.45) is 2.28. The van der Waals surface area contributed by atoms with E-state index in [-0.39, 0.29) is 30.4 Å². The fraction of sp³-hybridized carbons (Fsp3) is 0.556. The zero-order valence-corrected chi connectivity index (χ0v) is 13.9. The highest BCUT2D eigenvalue weighted by Gasteiger charge is 2.36. The smallest absolute Gasteiger partial charge is 0.225 e. The first kappa shape index (κ1) is 17.5. The standard InChI is InChI=1S/C18H26N2O3/c1-3-6-13(2)20-11-16(9-17(20)22)18(23)19-10-14-7-4-5-8-15(14)12-21/h4-5,7-8,13,16,21H,3,6,9-12H2,1-2H3,(H,19,23). The summed E-state index contributed by atoms with van der Waals surface area (Å²) in [4.78, 5) is 26.3. The van der Waals surface area contributed by atoms with Gasteiger partial charge in [-0.3, -0.25) is 9.59 Å². The SMILES string of the molecule is CCCC(C)N1CC(C(=O)NCc2ccccc2CO)CC1=O. The van der Waals surface area contributed by atoms with E-state index < -0.39 is 0 Å². The molecule has 23 heavy (non-hydrogen) atoms. The molecular weight excluding hydrogens is 292 g/mol. The molecule has 1 fully saturated rings. The highest BCUT2D eigenvalue weighted by Crippen LogP contribution is 2.22. The lowest BCUT2D eigenvalue weighted by Crippen LogP contribution is -2.36. The van der Waals surface area contributed by atoms with Crippen molar-refractivity contribution in [2.45, 2.75) is 52.3 Å². The maximum atomic E-state index is 12.3. The lowest BCUT2D eigenvalue weighted by molar-refractivity contribution is -0.130. The lowest BCUT2D eigenvalue weighted by Gasteiger charge is -2.24. The number of carbonyl (C=O) groups excluding carboxylic acids is 2. The van der Waals surface area contributed by atoms with Crippen molar-refractivity contribution in [2.24, 2.45) is 5.92 Å². The molecule has 1 aliphatic rings. The van der Waals surface area contributed by atoms with Crippen LogP contribution in [0.5, 0.6) is 0 Å². The molecule has 0 spiro atoms. The molecular formula is C18H26N2O3. The van der Waals surface area contributed by atoms with E-state index in [0.29, 0.717) is 19.5 Å². The van der Waals surface area contributed by atoms with Gasteiger partial charge in [0, 0.05) is 25.6 Å². The Morgan fingerprint density at radius 3 is 2.74 bits per heavy atom. The first-order chi connectivity index (χ1) is 11.1. The van der Waals surface area contributed by atoms with Crippen LogP contribution < -0.4 is 5.32 Å². The Morgan fingerprint density at radius 2 is 2.09 bits per heavy atom. The van der Waals surface area contributed by atoms with Crippen molar-refractivity contribution in [3.63, 3.8) is 0 Å². The minimum Gasteiger partial charge on any atom is -0.392 e. The summed E-state index contributed by atoms with van der Waals surface area (Å²) >= 11 is 0. The van der Waals surface area contributed by atoms with Crippen LogP contribution in [0.4, 0.5) is 0 Å². The van der Waals surface area contributed by atoms with Crippen molar-refractivity contribution in [2.75, 3.05) is 6.54 Å². The predicted molar refractivity (Wildman–Crippen MR) is 88.4 cm³/mol. The van der Waals surface area contributed by atoms with E-state index >= 15 is 0 Å². The number of aliphatic hydroxyl groups excluding tert-OH is 1. The number of hydrogen-bond donors (Lipinski definition) is 2. The van der Waals surface area contributed by atoms with Gasteiger partial charge in [-0.15, -0.1) is 0 Å². The van der Waals surface area contributed by atoms with Gasteiger partial charge in [-0.2, -0.15) is 0 Å². The molecule has 2 unspecified atom stereocenters. The molecule has 2 N–H and O–H groups in total. The van der Waals surface area contributed by atoms with Gasteiger partial charge in [-0.1, -0.05) is 37.6 Å². The number of nitrogens with zero attached hydrogens (tertiary/aromatic N) is 1. The zero-order valence-electron chi connectivity index (χ0n) is 13.9. The summed E-state index contributed by atoms with van der Waals surface area (Å²) in [5.74, 6) is -0.290. The van der Waals surface area contributed by atoms with Gasteiger partial charge in [0.25, 0.3) is 0 Å². The van der Waals surface area contributed by atoms with E-state index in [1.807, 2.05) is 36.1 Å². The van der Waals surface area contributed by atoms with Crippen LogP contribution >= 0.6 is 0 Å². The molecule has 1 saturated heterocycles. The molecule has 5 heteroatoms. The minimum atomic E-state index is -0.275. The van der Waals surface area contributed by atoms with Crippen molar-refractivity contribution >= 4 is 11.8 Å². The molecule has 0 aromatic heterocycles. The monoisotopic (exact) mass is 318 g/mol. The number of aliphatic hydroxyl groups is 1. The number of amides is 2. The highest BCUT2D eigenvalue weighted by molar-refractivity contribution is 5.89. The van der Waals surface area contributed by atoms with Crippen LogP contribution in [0.2, 0.25) is 0 Å². The Kier molecular flexibility index (Phi) is 6.16. The van der Waals surface area contributed by atoms with Gasteiger partial charge >= 0.3 is 0 Å². The van der Waals surface area contributed by atoms with Crippen molar-refractivity contribution in [1.82, 2.24) is 10.2 Å². The van der Waals surface area contributed by atoms with Gasteiger partial charge in [-0.25, -0.2) is 0 Å². The average molecular weight is 318 g/mol. The Hall–Kier alpha value is -1.88. The van der Waals surface area contributed by atoms with Crippen molar-refractivity contribution in [1.29, 1.82) is 0 Å². The minimum absolute atomic E-state index is 0.0454. The Balaban J connectivity index is 1.90. The number of rotatable bonds is 7. The highest BCUT2D eigenvalue weighted by atomic mass is 16.3. The normalized spacial score (nSPS) is 19.0. The number of hydrogen-bond acceptors (Lipinski definition) is 3. The molecule has 1 aromatic carbocycles. The van der Waals surface area contributed by atoms with E-state index in [4.69, 9.17) is 0 Å². The second kappa shape index (κ2) is 8.11. The summed E-state index contributed by atoms with van der Waals surface area (Å²) in [5.41, 5.74) is 1.72. The van der Waals surface area contributed by atoms with Crippen LogP contribution in [-0.2, 0) is 22.7 Å². The molecule has 0 aliphatic carbocycles. The van der Waals surface area contributed by atoms with Crippen LogP contribution in [0.3, 0.4) is 0 Å². The molecule has 0 saturated carbocycles. The Labute approximate surface area is 137 Å². The number of carbonyl (C=O) groups is 2. The van der Waals surface area contributed by atoms with Gasteiger partial charge in [-0.05, 0) is 24.5 Å². The van der Waals surface area contributed by atoms with E-state index in [2.05, 4.69) is 12.2 Å². The molecule has 1 aliphatic heterocycles. The van der Waals surface area contributed by atoms with E-state index in [1.165, 1.54) is 0 Å². The maximum absolute atomic E-state index is 12.3. The number of benzene rings is 1. The number of likely N-dealkylation sites (tertiary alicyclic amines) is 1. The van der Waals surface area contributed by atoms with E-state index in [1.54, 1.807) is 0 Å². The molecule has 5 nitrogen and oxygen atoms in total. The molecule has 0 bridgehead atoms. The van der Waals surface area contributed by atoms with Gasteiger partial charge in [0.1, 0.15) is 0 Å². The van der Waals surface area contributed by atoms with Crippen LogP contribution in [0, 0.1) is 5.92 Å². The lowest BCUT2D eigenvalue weighted by atomic mass is 10.1. The van der Waals surface area contributed by atoms with Crippen LogP contribution in [0.15, 0.2) is 24.3 Å². The number of nitrogens with one attached hydrogen (secondary N) is 1. The van der Waals surface area contributed by atoms with Crippen molar-refractivity contribution in [3.8, 4) is 0 Å². The third kappa shape index (κ3) is 4.32. The van der Waals surface area contributed by atoms with Gasteiger partial charge in [0.2, 0.25) is 11.8 Å². The molecule has 2 amide bonds. The van der Waals surface area contributed by atoms with E-state index in [0.717, 1.165) is 24.0 Å². The van der Waals surface area contributed by atoms with Crippen LogP contribution in [-0.4, -0.2) is 34.4 Å². The summed E-state index contributed by atoms with van der Waals surface area (Å²) < 4.78 is 0. The summed E-state index contributed by atoms with van der Waals surface area (Å²) in [5, 5.41) is 12.2. The average Bonchev–Trinajstić information content (AvgIpc) is 2.95. The molecule has 1 aromatic rings. The molecule has 126 valence electrons. The third-order valence-corrected chi connectivity index (χ3v) is 4.51. The second-order valence-corrected chi connectivity index (χ2v) is 6.23.